The number of carbonyl (C=O) groups excluding carboxylic acids is 1. The Hall–Kier alpha value is -2.31. The summed E-state index contributed by atoms with van der Waals surface area (Å²) in [6.45, 7) is 0. The second-order valence-corrected chi connectivity index (χ2v) is 3.83. The van der Waals surface area contributed by atoms with E-state index in [4.69, 9.17) is 0 Å². The molecule has 0 amide bonds. The van der Waals surface area contributed by atoms with E-state index in [2.05, 4.69) is 14.7 Å². The minimum absolute atomic E-state index is 0.228. The molecule has 0 saturated heterocycles. The highest BCUT2D eigenvalue weighted by atomic mass is 19.3. The number of halogens is 2. The number of fused-ring (bicyclic) bond motifs is 1. The molecule has 0 atom stereocenters. The molecule has 0 aliphatic rings. The fourth-order valence-electron chi connectivity index (χ4n) is 1.65. The third-order valence-electron chi connectivity index (χ3n) is 2.53. The topological polar surface area (TPSA) is 72.0 Å². The molecule has 5 nitrogen and oxygen atoms in total. The molecule has 1 N–H and O–H groups in total. The van der Waals surface area contributed by atoms with Crippen molar-refractivity contribution in [2.45, 2.75) is 12.8 Å². The van der Waals surface area contributed by atoms with Gasteiger partial charge in [-0.05, 0) is 18.2 Å². The lowest BCUT2D eigenvalue weighted by atomic mass is 10.2. The van der Waals surface area contributed by atoms with Crippen LogP contribution in [0.2, 0.25) is 0 Å². The zero-order valence-electron chi connectivity index (χ0n) is 9.94. The van der Waals surface area contributed by atoms with Gasteiger partial charge in [0.05, 0.1) is 30.1 Å². The maximum absolute atomic E-state index is 12.3. The number of esters is 1. The molecule has 2 aromatic rings. The molecule has 0 unspecified atom stereocenters. The Bertz CT molecular complexity index is 682. The van der Waals surface area contributed by atoms with Crippen LogP contribution < -0.4 is 5.56 Å². The van der Waals surface area contributed by atoms with Crippen molar-refractivity contribution in [3.05, 3.63) is 39.8 Å². The van der Waals surface area contributed by atoms with Crippen molar-refractivity contribution in [3.8, 4) is 0 Å². The van der Waals surface area contributed by atoms with E-state index in [-0.39, 0.29) is 11.3 Å². The van der Waals surface area contributed by atoms with Gasteiger partial charge >= 0.3 is 5.97 Å². The average Bonchev–Trinajstić information content (AvgIpc) is 2.37. The number of benzene rings is 1. The predicted molar refractivity (Wildman–Crippen MR) is 63.4 cm³/mol. The van der Waals surface area contributed by atoms with E-state index in [0.29, 0.717) is 11.0 Å². The number of H-pyrrole nitrogens is 1. The number of nitrogens with zero attached hydrogens (tertiary/aromatic N) is 1. The molecule has 1 aromatic carbocycles. The largest absolute Gasteiger partial charge is 0.465 e. The van der Waals surface area contributed by atoms with Crippen LogP contribution in [-0.2, 0) is 11.2 Å². The number of alkyl halides is 2. The minimum atomic E-state index is -2.64. The molecule has 0 radical (unpaired) electrons. The van der Waals surface area contributed by atoms with Crippen molar-refractivity contribution in [2.75, 3.05) is 7.11 Å². The zero-order valence-corrected chi connectivity index (χ0v) is 9.94. The molecule has 0 fully saturated rings. The Morgan fingerprint density at radius 3 is 2.84 bits per heavy atom. The molecular weight excluding hydrogens is 258 g/mol. The van der Waals surface area contributed by atoms with Gasteiger partial charge in [-0.1, -0.05) is 0 Å². The molecule has 100 valence electrons. The first-order chi connectivity index (χ1) is 9.01. The van der Waals surface area contributed by atoms with E-state index in [1.807, 2.05) is 0 Å². The number of rotatable bonds is 3. The van der Waals surface area contributed by atoms with Gasteiger partial charge in [0.2, 0.25) is 6.43 Å². The average molecular weight is 268 g/mol. The van der Waals surface area contributed by atoms with E-state index >= 15 is 0 Å². The Balaban J connectivity index is 2.52. The third kappa shape index (κ3) is 2.75. The van der Waals surface area contributed by atoms with Gasteiger partial charge < -0.3 is 9.72 Å². The van der Waals surface area contributed by atoms with Gasteiger partial charge in [-0.2, -0.15) is 0 Å². The standard InChI is InChI=1S/C12H10F2N2O3/c1-19-12(18)6-2-3-7-8(4-6)16-11(17)9(15-7)5-10(13)14/h2-4,10H,5H2,1H3,(H,16,17). The second kappa shape index (κ2) is 5.13. The number of hydrogen-bond donors (Lipinski definition) is 1. The summed E-state index contributed by atoms with van der Waals surface area (Å²) in [5, 5.41) is 0. The third-order valence-corrected chi connectivity index (χ3v) is 2.53. The fourth-order valence-corrected chi connectivity index (χ4v) is 1.65. The van der Waals surface area contributed by atoms with E-state index in [0.717, 1.165) is 0 Å². The Morgan fingerprint density at radius 1 is 1.47 bits per heavy atom. The Kier molecular flexibility index (Phi) is 3.55. The minimum Gasteiger partial charge on any atom is -0.465 e. The number of nitrogens with one attached hydrogen (secondary N) is 1. The van der Waals surface area contributed by atoms with Crippen LogP contribution in [0.3, 0.4) is 0 Å². The lowest BCUT2D eigenvalue weighted by Crippen LogP contribution is -2.18. The van der Waals surface area contributed by atoms with Gasteiger partial charge in [0.1, 0.15) is 5.69 Å². The van der Waals surface area contributed by atoms with E-state index in [1.54, 1.807) is 0 Å². The summed E-state index contributed by atoms with van der Waals surface area (Å²) in [7, 11) is 1.24. The van der Waals surface area contributed by atoms with Crippen LogP contribution in [0.4, 0.5) is 8.78 Å². The van der Waals surface area contributed by atoms with Crippen molar-refractivity contribution < 1.29 is 18.3 Å². The van der Waals surface area contributed by atoms with Gasteiger partial charge in [0.15, 0.2) is 0 Å². The van der Waals surface area contributed by atoms with Crippen LogP contribution in [0.5, 0.6) is 0 Å². The number of aromatic amines is 1. The summed E-state index contributed by atoms with van der Waals surface area (Å²) in [4.78, 5) is 29.2. The number of carbonyl (C=O) groups is 1. The number of ether oxygens (including phenoxy) is 1. The first kappa shape index (κ1) is 13.1. The van der Waals surface area contributed by atoms with Gasteiger partial charge in [-0.15, -0.1) is 0 Å². The highest BCUT2D eigenvalue weighted by Gasteiger charge is 2.12. The summed E-state index contributed by atoms with van der Waals surface area (Å²) in [6, 6.07) is 4.31. The van der Waals surface area contributed by atoms with Crippen molar-refractivity contribution in [2.24, 2.45) is 0 Å². The monoisotopic (exact) mass is 268 g/mol. The quantitative estimate of drug-likeness (QED) is 0.856. The Morgan fingerprint density at radius 2 is 2.21 bits per heavy atom. The molecule has 7 heteroatoms. The molecule has 19 heavy (non-hydrogen) atoms. The highest BCUT2D eigenvalue weighted by Crippen LogP contribution is 2.12. The lowest BCUT2D eigenvalue weighted by molar-refractivity contribution is 0.0601. The second-order valence-electron chi connectivity index (χ2n) is 3.83. The summed E-state index contributed by atoms with van der Waals surface area (Å²) < 4.78 is 29.1. The molecule has 1 heterocycles. The van der Waals surface area contributed by atoms with Crippen molar-refractivity contribution in [1.82, 2.24) is 9.97 Å². The molecule has 2 rings (SSSR count). The summed E-state index contributed by atoms with van der Waals surface area (Å²) in [5.41, 5.74) is -0.0361. The van der Waals surface area contributed by atoms with Crippen LogP contribution in [0, 0.1) is 0 Å². The summed E-state index contributed by atoms with van der Waals surface area (Å²) in [5.74, 6) is -0.556. The summed E-state index contributed by atoms with van der Waals surface area (Å²) in [6.07, 6.45) is -3.34. The number of methoxy groups -OCH3 is 1. The van der Waals surface area contributed by atoms with Gasteiger partial charge in [-0.25, -0.2) is 18.6 Å². The highest BCUT2D eigenvalue weighted by molar-refractivity contribution is 5.93. The summed E-state index contributed by atoms with van der Waals surface area (Å²) >= 11 is 0. The van der Waals surface area contributed by atoms with Crippen LogP contribution >= 0.6 is 0 Å². The first-order valence-electron chi connectivity index (χ1n) is 5.40. The number of aromatic nitrogens is 2. The molecule has 0 bridgehead atoms. The van der Waals surface area contributed by atoms with Crippen LogP contribution in [0.1, 0.15) is 16.1 Å². The van der Waals surface area contributed by atoms with Crippen LogP contribution in [0.15, 0.2) is 23.0 Å². The maximum atomic E-state index is 12.3. The van der Waals surface area contributed by atoms with Crippen molar-refractivity contribution in [3.63, 3.8) is 0 Å². The van der Waals surface area contributed by atoms with Gasteiger partial charge in [0, 0.05) is 0 Å². The molecular formula is C12H10F2N2O3. The molecule has 0 aliphatic heterocycles. The van der Waals surface area contributed by atoms with Crippen molar-refractivity contribution >= 4 is 17.0 Å². The first-order valence-corrected chi connectivity index (χ1v) is 5.40. The fraction of sp³-hybridized carbons (Fsp3) is 0.250. The van der Waals surface area contributed by atoms with E-state index in [9.17, 15) is 18.4 Å². The molecule has 0 aliphatic carbocycles. The molecule has 1 aromatic heterocycles. The molecule has 0 saturated carbocycles. The van der Waals surface area contributed by atoms with Gasteiger partial charge in [-0.3, -0.25) is 4.79 Å². The SMILES string of the molecule is COC(=O)c1ccc2nc(CC(F)F)c(=O)[nH]c2c1. The van der Waals surface area contributed by atoms with Gasteiger partial charge in [0.25, 0.3) is 5.56 Å². The molecule has 0 spiro atoms. The normalized spacial score (nSPS) is 10.9. The number of hydrogen-bond acceptors (Lipinski definition) is 4. The zero-order chi connectivity index (χ0) is 14.0. The van der Waals surface area contributed by atoms with Crippen molar-refractivity contribution in [1.29, 1.82) is 0 Å². The van der Waals surface area contributed by atoms with Crippen LogP contribution in [-0.4, -0.2) is 29.5 Å². The van der Waals surface area contributed by atoms with Crippen LogP contribution in [0.25, 0.3) is 11.0 Å². The maximum Gasteiger partial charge on any atom is 0.337 e. The predicted octanol–water partition coefficient (Wildman–Crippen LogP) is 1.52. The Labute approximate surface area is 106 Å². The smallest absolute Gasteiger partial charge is 0.337 e. The van der Waals surface area contributed by atoms with E-state index in [1.165, 1.54) is 25.3 Å². The lowest BCUT2D eigenvalue weighted by Gasteiger charge is -2.04. The van der Waals surface area contributed by atoms with E-state index < -0.39 is 24.4 Å².